The molecule has 0 bridgehead atoms. The van der Waals surface area contributed by atoms with Gasteiger partial charge in [-0.15, -0.1) is 0 Å². The van der Waals surface area contributed by atoms with Crippen LogP contribution in [0, 0.1) is 11.3 Å². The number of ether oxygens (including phenoxy) is 1. The van der Waals surface area contributed by atoms with E-state index in [1.165, 1.54) is 51.6 Å². The second kappa shape index (κ2) is 8.72. The molecule has 0 amide bonds. The fraction of sp³-hybridized carbons (Fsp3) is 0.950. The molecule has 0 aromatic heterocycles. The summed E-state index contributed by atoms with van der Waals surface area (Å²) < 4.78 is 5.67. The van der Waals surface area contributed by atoms with E-state index >= 15 is 0 Å². The molecule has 1 N–H and O–H groups in total. The van der Waals surface area contributed by atoms with Crippen molar-refractivity contribution in [2.24, 2.45) is 16.3 Å². The summed E-state index contributed by atoms with van der Waals surface area (Å²) in [5, 5.41) is 3.71. The lowest BCUT2D eigenvalue weighted by atomic mass is 9.87. The van der Waals surface area contributed by atoms with Gasteiger partial charge in [0.05, 0.1) is 6.61 Å². The van der Waals surface area contributed by atoms with Crippen molar-refractivity contribution in [2.45, 2.75) is 58.4 Å². The summed E-state index contributed by atoms with van der Waals surface area (Å²) in [6, 6.07) is 0.598. The topological polar surface area (TPSA) is 40.1 Å². The van der Waals surface area contributed by atoms with E-state index in [0.717, 1.165) is 38.8 Å². The van der Waals surface area contributed by atoms with Gasteiger partial charge in [-0.2, -0.15) is 0 Å². The molecule has 0 aromatic rings. The van der Waals surface area contributed by atoms with E-state index in [-0.39, 0.29) is 0 Å². The van der Waals surface area contributed by atoms with Crippen molar-refractivity contribution in [1.82, 2.24) is 15.1 Å². The van der Waals surface area contributed by atoms with E-state index in [9.17, 15) is 0 Å². The van der Waals surface area contributed by atoms with Gasteiger partial charge in [-0.05, 0) is 44.7 Å². The molecule has 3 aliphatic heterocycles. The Balaban J connectivity index is 1.55. The number of aliphatic imine (C=N–C) groups is 1. The minimum atomic E-state index is 0.389. The van der Waals surface area contributed by atoms with Crippen LogP contribution < -0.4 is 5.32 Å². The number of hydrogen-bond donors (Lipinski definition) is 1. The molecule has 3 aliphatic rings. The summed E-state index contributed by atoms with van der Waals surface area (Å²) in [4.78, 5) is 9.76. The number of guanidine groups is 1. The minimum Gasteiger partial charge on any atom is -0.381 e. The van der Waals surface area contributed by atoms with E-state index in [0.29, 0.717) is 17.4 Å². The van der Waals surface area contributed by atoms with E-state index in [1.807, 2.05) is 7.05 Å². The highest BCUT2D eigenvalue weighted by molar-refractivity contribution is 5.80. The summed E-state index contributed by atoms with van der Waals surface area (Å²) in [5.41, 5.74) is 0.389. The van der Waals surface area contributed by atoms with E-state index < -0.39 is 0 Å². The Kier molecular flexibility index (Phi) is 6.61. The molecule has 0 radical (unpaired) electrons. The summed E-state index contributed by atoms with van der Waals surface area (Å²) in [7, 11) is 1.93. The van der Waals surface area contributed by atoms with Crippen LogP contribution in [0.3, 0.4) is 0 Å². The Morgan fingerprint density at radius 2 is 1.88 bits per heavy atom. The molecule has 5 heteroatoms. The van der Waals surface area contributed by atoms with Crippen LogP contribution in [-0.4, -0.2) is 74.8 Å². The van der Waals surface area contributed by atoms with Crippen molar-refractivity contribution in [3.63, 3.8) is 0 Å². The van der Waals surface area contributed by atoms with Gasteiger partial charge in [0, 0.05) is 44.7 Å². The zero-order valence-electron chi connectivity index (χ0n) is 16.6. The molecule has 3 heterocycles. The van der Waals surface area contributed by atoms with E-state index in [2.05, 4.69) is 34.0 Å². The zero-order chi connectivity index (χ0) is 17.7. The Bertz CT molecular complexity index is 437. The van der Waals surface area contributed by atoms with Gasteiger partial charge >= 0.3 is 0 Å². The quantitative estimate of drug-likeness (QED) is 0.625. The molecule has 2 unspecified atom stereocenters. The molecule has 5 nitrogen and oxygen atoms in total. The molecule has 25 heavy (non-hydrogen) atoms. The number of rotatable bonds is 4. The fourth-order valence-electron chi connectivity index (χ4n) is 4.83. The van der Waals surface area contributed by atoms with Gasteiger partial charge in [0.2, 0.25) is 0 Å². The standard InChI is InChI=1S/C20H38N4O/c1-17(2)18(23-10-6-4-5-7-11-23)14-22-19(21-3)24-12-8-20(15-24)9-13-25-16-20/h17-18H,4-16H2,1-3H3,(H,21,22). The summed E-state index contributed by atoms with van der Waals surface area (Å²) in [6.07, 6.45) is 7.96. The molecule has 0 aliphatic carbocycles. The fourth-order valence-corrected chi connectivity index (χ4v) is 4.83. The van der Waals surface area contributed by atoms with Gasteiger partial charge in [0.25, 0.3) is 0 Å². The van der Waals surface area contributed by atoms with Crippen LogP contribution in [0.5, 0.6) is 0 Å². The molecule has 0 saturated carbocycles. The van der Waals surface area contributed by atoms with Crippen molar-refractivity contribution in [3.05, 3.63) is 0 Å². The second-order valence-corrected chi connectivity index (χ2v) is 8.66. The zero-order valence-corrected chi connectivity index (χ0v) is 16.6. The Morgan fingerprint density at radius 1 is 1.12 bits per heavy atom. The first-order valence-corrected chi connectivity index (χ1v) is 10.4. The number of nitrogens with one attached hydrogen (secondary N) is 1. The lowest BCUT2D eigenvalue weighted by Crippen LogP contribution is -2.50. The average molecular weight is 351 g/mol. The van der Waals surface area contributed by atoms with Gasteiger partial charge in [-0.25, -0.2) is 0 Å². The Morgan fingerprint density at radius 3 is 2.48 bits per heavy atom. The van der Waals surface area contributed by atoms with Crippen LogP contribution in [-0.2, 0) is 4.74 Å². The van der Waals surface area contributed by atoms with Crippen molar-refractivity contribution in [3.8, 4) is 0 Å². The first kappa shape index (κ1) is 19.0. The molecule has 3 rings (SSSR count). The first-order valence-electron chi connectivity index (χ1n) is 10.4. The maximum absolute atomic E-state index is 5.67. The van der Waals surface area contributed by atoms with Crippen LogP contribution in [0.15, 0.2) is 4.99 Å². The third-order valence-electron chi connectivity index (χ3n) is 6.48. The monoisotopic (exact) mass is 350 g/mol. The Labute approximate surface area is 154 Å². The largest absolute Gasteiger partial charge is 0.381 e. The van der Waals surface area contributed by atoms with Gasteiger partial charge in [0.1, 0.15) is 0 Å². The average Bonchev–Trinajstić information content (AvgIpc) is 3.14. The van der Waals surface area contributed by atoms with Gasteiger partial charge < -0.3 is 15.0 Å². The van der Waals surface area contributed by atoms with E-state index in [4.69, 9.17) is 4.74 Å². The third-order valence-corrected chi connectivity index (χ3v) is 6.48. The summed E-state index contributed by atoms with van der Waals surface area (Å²) >= 11 is 0. The van der Waals surface area contributed by atoms with Gasteiger partial charge in [-0.3, -0.25) is 9.89 Å². The van der Waals surface area contributed by atoms with Crippen LogP contribution in [0.1, 0.15) is 52.4 Å². The molecule has 3 saturated heterocycles. The lowest BCUT2D eigenvalue weighted by molar-refractivity contribution is 0.155. The predicted molar refractivity (Wildman–Crippen MR) is 104 cm³/mol. The predicted octanol–water partition coefficient (Wildman–Crippen LogP) is 2.57. The summed E-state index contributed by atoms with van der Waals surface area (Å²) in [5.74, 6) is 1.75. The molecular formula is C20H38N4O. The van der Waals surface area contributed by atoms with Crippen LogP contribution in [0.25, 0.3) is 0 Å². The van der Waals surface area contributed by atoms with Crippen molar-refractivity contribution < 1.29 is 4.74 Å². The van der Waals surface area contributed by atoms with Crippen molar-refractivity contribution in [1.29, 1.82) is 0 Å². The minimum absolute atomic E-state index is 0.389. The highest BCUT2D eigenvalue weighted by atomic mass is 16.5. The maximum Gasteiger partial charge on any atom is 0.193 e. The SMILES string of the molecule is CN=C(NCC(C(C)C)N1CCCCCC1)N1CCC2(CCOC2)C1. The second-order valence-electron chi connectivity index (χ2n) is 8.66. The number of nitrogens with zero attached hydrogens (tertiary/aromatic N) is 3. The van der Waals surface area contributed by atoms with Gasteiger partial charge in [-0.1, -0.05) is 26.7 Å². The molecule has 144 valence electrons. The van der Waals surface area contributed by atoms with E-state index in [1.54, 1.807) is 0 Å². The van der Waals surface area contributed by atoms with Crippen LogP contribution in [0.4, 0.5) is 0 Å². The van der Waals surface area contributed by atoms with Crippen LogP contribution in [0.2, 0.25) is 0 Å². The van der Waals surface area contributed by atoms with Crippen molar-refractivity contribution >= 4 is 5.96 Å². The normalized spacial score (nSPS) is 30.2. The highest BCUT2D eigenvalue weighted by Gasteiger charge is 2.42. The smallest absolute Gasteiger partial charge is 0.193 e. The van der Waals surface area contributed by atoms with Crippen molar-refractivity contribution in [2.75, 3.05) is 53.0 Å². The van der Waals surface area contributed by atoms with Gasteiger partial charge in [0.15, 0.2) is 5.96 Å². The number of likely N-dealkylation sites (tertiary alicyclic amines) is 2. The third kappa shape index (κ3) is 4.68. The van der Waals surface area contributed by atoms with Crippen LogP contribution >= 0.6 is 0 Å². The molecule has 0 aromatic carbocycles. The molecule has 2 atom stereocenters. The lowest BCUT2D eigenvalue weighted by Gasteiger charge is -2.35. The maximum atomic E-state index is 5.67. The number of hydrogen-bond acceptors (Lipinski definition) is 3. The molecular weight excluding hydrogens is 312 g/mol. The Hall–Kier alpha value is -0.810. The summed E-state index contributed by atoms with van der Waals surface area (Å²) in [6.45, 7) is 12.3. The molecule has 1 spiro atoms. The molecule has 3 fully saturated rings. The first-order chi connectivity index (χ1) is 12.1. The highest BCUT2D eigenvalue weighted by Crippen LogP contribution is 2.38.